The van der Waals surface area contributed by atoms with Crippen LogP contribution in [0.1, 0.15) is 24.8 Å². The Morgan fingerprint density at radius 1 is 0.957 bits per heavy atom. The van der Waals surface area contributed by atoms with E-state index < -0.39 is 0 Å². The summed E-state index contributed by atoms with van der Waals surface area (Å²) in [6.45, 7) is 3.47. The molecule has 1 aliphatic rings. The Hall–Kier alpha value is -2.33. The number of para-hydroxylation sites is 2. The van der Waals surface area contributed by atoms with Crippen LogP contribution in [-0.2, 0) is 6.54 Å². The number of rotatable bonds is 4. The molecule has 1 N–H and O–H groups in total. The first-order valence-corrected chi connectivity index (χ1v) is 8.31. The normalized spacial score (nSPS) is 15.8. The fourth-order valence-corrected chi connectivity index (χ4v) is 3.13. The zero-order valence-corrected chi connectivity index (χ0v) is 13.2. The number of H-pyrrole nitrogens is 1. The average Bonchev–Trinajstić information content (AvgIpc) is 3.00. The van der Waals surface area contributed by atoms with E-state index in [1.54, 1.807) is 0 Å². The molecule has 1 aliphatic heterocycles. The molecule has 0 radical (unpaired) electrons. The summed E-state index contributed by atoms with van der Waals surface area (Å²) in [5, 5.41) is 0. The summed E-state index contributed by atoms with van der Waals surface area (Å²) in [4.78, 5) is 10.1. The molecule has 118 valence electrons. The Balaban J connectivity index is 1.43. The van der Waals surface area contributed by atoms with Gasteiger partial charge in [0.15, 0.2) is 0 Å². The Morgan fingerprint density at radius 2 is 1.74 bits per heavy atom. The van der Waals surface area contributed by atoms with E-state index >= 15 is 0 Å². The molecule has 0 amide bonds. The van der Waals surface area contributed by atoms with Gasteiger partial charge in [-0.05, 0) is 55.8 Å². The van der Waals surface area contributed by atoms with Gasteiger partial charge in [-0.15, -0.1) is 0 Å². The van der Waals surface area contributed by atoms with Crippen molar-refractivity contribution in [2.24, 2.45) is 0 Å². The number of aromatic nitrogens is 2. The number of imidazole rings is 1. The van der Waals surface area contributed by atoms with Crippen molar-refractivity contribution in [1.82, 2.24) is 14.9 Å². The van der Waals surface area contributed by atoms with E-state index in [-0.39, 0.29) is 0 Å². The van der Waals surface area contributed by atoms with Crippen LogP contribution < -0.4 is 4.74 Å². The van der Waals surface area contributed by atoms with Crippen molar-refractivity contribution in [3.63, 3.8) is 0 Å². The first-order valence-electron chi connectivity index (χ1n) is 8.31. The molecule has 0 atom stereocenters. The Bertz CT molecular complexity index is 740. The third kappa shape index (κ3) is 3.37. The van der Waals surface area contributed by atoms with Gasteiger partial charge in [0.1, 0.15) is 5.75 Å². The topological polar surface area (TPSA) is 41.1 Å². The van der Waals surface area contributed by atoms with Crippen molar-refractivity contribution in [2.75, 3.05) is 13.1 Å². The van der Waals surface area contributed by atoms with Crippen LogP contribution in [0.4, 0.5) is 0 Å². The molecule has 4 rings (SSSR count). The van der Waals surface area contributed by atoms with Gasteiger partial charge in [0.05, 0.1) is 11.0 Å². The van der Waals surface area contributed by atoms with Gasteiger partial charge in [-0.2, -0.15) is 4.98 Å². The molecule has 3 aromatic rings. The number of likely N-dealkylation sites (tertiary alicyclic amines) is 1. The molecule has 0 unspecified atom stereocenters. The first kappa shape index (κ1) is 14.3. The summed E-state index contributed by atoms with van der Waals surface area (Å²) >= 11 is 0. The SMILES string of the molecule is c1ccc2[nH]c(Oc3ccc(CN4CCCCC4)cc3)nc2c1. The quantitative estimate of drug-likeness (QED) is 0.779. The van der Waals surface area contributed by atoms with Crippen molar-refractivity contribution < 1.29 is 4.74 Å². The number of fused-ring (bicyclic) bond motifs is 1. The second kappa shape index (κ2) is 6.42. The van der Waals surface area contributed by atoms with Crippen LogP contribution in [0, 0.1) is 0 Å². The molecule has 2 heterocycles. The highest BCUT2D eigenvalue weighted by Gasteiger charge is 2.10. The lowest BCUT2D eigenvalue weighted by atomic mass is 10.1. The molecule has 1 aromatic heterocycles. The summed E-state index contributed by atoms with van der Waals surface area (Å²) in [5.41, 5.74) is 3.25. The van der Waals surface area contributed by atoms with E-state index in [1.807, 2.05) is 36.4 Å². The van der Waals surface area contributed by atoms with Crippen LogP contribution in [0.3, 0.4) is 0 Å². The van der Waals surface area contributed by atoms with E-state index in [1.165, 1.54) is 37.9 Å². The van der Waals surface area contributed by atoms with Gasteiger partial charge in [-0.1, -0.05) is 30.7 Å². The zero-order chi connectivity index (χ0) is 15.5. The summed E-state index contributed by atoms with van der Waals surface area (Å²) < 4.78 is 5.83. The van der Waals surface area contributed by atoms with E-state index in [4.69, 9.17) is 4.74 Å². The fraction of sp³-hybridized carbons (Fsp3) is 0.316. The number of ether oxygens (including phenoxy) is 1. The second-order valence-corrected chi connectivity index (χ2v) is 6.14. The van der Waals surface area contributed by atoms with Crippen LogP contribution in [-0.4, -0.2) is 28.0 Å². The summed E-state index contributed by atoms with van der Waals surface area (Å²) in [7, 11) is 0. The first-order chi connectivity index (χ1) is 11.4. The number of piperidine rings is 1. The summed E-state index contributed by atoms with van der Waals surface area (Å²) in [5.74, 6) is 0.812. The molecule has 0 aliphatic carbocycles. The maximum absolute atomic E-state index is 5.83. The van der Waals surface area contributed by atoms with Crippen molar-refractivity contribution in [3.8, 4) is 11.8 Å². The van der Waals surface area contributed by atoms with Crippen molar-refractivity contribution in [2.45, 2.75) is 25.8 Å². The molecule has 1 fully saturated rings. The Kier molecular flexibility index (Phi) is 3.99. The van der Waals surface area contributed by atoms with Gasteiger partial charge < -0.3 is 9.72 Å². The highest BCUT2D eigenvalue weighted by atomic mass is 16.5. The van der Waals surface area contributed by atoms with Crippen LogP contribution in [0.5, 0.6) is 11.8 Å². The molecule has 0 saturated carbocycles. The number of nitrogens with one attached hydrogen (secondary N) is 1. The minimum atomic E-state index is 0.537. The molecule has 4 heteroatoms. The van der Waals surface area contributed by atoms with E-state index in [9.17, 15) is 0 Å². The zero-order valence-electron chi connectivity index (χ0n) is 13.2. The maximum atomic E-state index is 5.83. The standard InChI is InChI=1S/C19H21N3O/c1-4-12-22(13-5-1)14-15-8-10-16(11-9-15)23-19-20-17-6-2-3-7-18(17)21-19/h2-3,6-11H,1,4-5,12-14H2,(H,20,21). The molecule has 2 aromatic carbocycles. The van der Waals surface area contributed by atoms with Crippen molar-refractivity contribution in [3.05, 3.63) is 54.1 Å². The minimum absolute atomic E-state index is 0.537. The molecule has 23 heavy (non-hydrogen) atoms. The molecular weight excluding hydrogens is 286 g/mol. The highest BCUT2D eigenvalue weighted by molar-refractivity contribution is 5.75. The number of aromatic amines is 1. The average molecular weight is 307 g/mol. The van der Waals surface area contributed by atoms with Crippen LogP contribution in [0.2, 0.25) is 0 Å². The lowest BCUT2D eigenvalue weighted by molar-refractivity contribution is 0.221. The van der Waals surface area contributed by atoms with E-state index in [0.29, 0.717) is 6.01 Å². The summed E-state index contributed by atoms with van der Waals surface area (Å²) in [6.07, 6.45) is 4.03. The monoisotopic (exact) mass is 307 g/mol. The molecular formula is C19H21N3O. The van der Waals surface area contributed by atoms with E-state index in [2.05, 4.69) is 27.0 Å². The predicted octanol–water partition coefficient (Wildman–Crippen LogP) is 4.34. The maximum Gasteiger partial charge on any atom is 0.300 e. The highest BCUT2D eigenvalue weighted by Crippen LogP contribution is 2.22. The Morgan fingerprint density at radius 3 is 2.52 bits per heavy atom. The number of nitrogens with zero attached hydrogens (tertiary/aromatic N) is 2. The van der Waals surface area contributed by atoms with Gasteiger partial charge in [-0.3, -0.25) is 4.90 Å². The van der Waals surface area contributed by atoms with Gasteiger partial charge in [0.2, 0.25) is 0 Å². The molecule has 1 saturated heterocycles. The largest absolute Gasteiger partial charge is 0.426 e. The van der Waals surface area contributed by atoms with Crippen molar-refractivity contribution >= 4 is 11.0 Å². The minimum Gasteiger partial charge on any atom is -0.426 e. The number of hydrogen-bond acceptors (Lipinski definition) is 3. The van der Waals surface area contributed by atoms with Crippen molar-refractivity contribution in [1.29, 1.82) is 0 Å². The van der Waals surface area contributed by atoms with Gasteiger partial charge >= 0.3 is 0 Å². The second-order valence-electron chi connectivity index (χ2n) is 6.14. The van der Waals surface area contributed by atoms with Crippen LogP contribution >= 0.6 is 0 Å². The molecule has 4 nitrogen and oxygen atoms in total. The lowest BCUT2D eigenvalue weighted by Crippen LogP contribution is -2.28. The summed E-state index contributed by atoms with van der Waals surface area (Å²) in [6, 6.07) is 16.8. The van der Waals surface area contributed by atoms with Gasteiger partial charge in [-0.25, -0.2) is 0 Å². The predicted molar refractivity (Wildman–Crippen MR) is 91.7 cm³/mol. The lowest BCUT2D eigenvalue weighted by Gasteiger charge is -2.26. The van der Waals surface area contributed by atoms with E-state index in [0.717, 1.165) is 23.3 Å². The number of benzene rings is 2. The third-order valence-electron chi connectivity index (χ3n) is 4.36. The van der Waals surface area contributed by atoms with Gasteiger partial charge in [0, 0.05) is 6.54 Å². The Labute approximate surface area is 136 Å². The third-order valence-corrected chi connectivity index (χ3v) is 4.36. The fourth-order valence-electron chi connectivity index (χ4n) is 3.13. The number of hydrogen-bond donors (Lipinski definition) is 1. The van der Waals surface area contributed by atoms with Gasteiger partial charge in [0.25, 0.3) is 6.01 Å². The smallest absolute Gasteiger partial charge is 0.300 e. The molecule has 0 bridgehead atoms. The van der Waals surface area contributed by atoms with Crippen LogP contribution in [0.15, 0.2) is 48.5 Å². The molecule has 0 spiro atoms. The van der Waals surface area contributed by atoms with Crippen LogP contribution in [0.25, 0.3) is 11.0 Å².